The number of rotatable bonds is 1. The fourth-order valence-corrected chi connectivity index (χ4v) is 1.53. The van der Waals surface area contributed by atoms with Crippen LogP contribution in [0.1, 0.15) is 47.5 Å². The maximum atomic E-state index is 11.6. The zero-order valence-corrected chi connectivity index (χ0v) is 8.39. The number of carbonyl (C=O) groups is 1. The second-order valence-electron chi connectivity index (χ2n) is 4.83. The maximum absolute atomic E-state index is 11.6. The summed E-state index contributed by atoms with van der Waals surface area (Å²) in [5.74, 6) is 0.333. The quantitative estimate of drug-likeness (QED) is 0.615. The summed E-state index contributed by atoms with van der Waals surface area (Å²) in [4.78, 5) is 13.6. The molecule has 0 spiro atoms. The monoisotopic (exact) mass is 185 g/mol. The summed E-state index contributed by atoms with van der Waals surface area (Å²) in [6, 6.07) is 0. The van der Waals surface area contributed by atoms with Gasteiger partial charge in [0.15, 0.2) is 0 Å². The number of hydrogen-bond acceptors (Lipinski definition) is 1. The molecule has 0 N–H and O–H groups in total. The molecule has 1 fully saturated rings. The molecule has 0 radical (unpaired) electrons. The van der Waals surface area contributed by atoms with Gasteiger partial charge in [-0.15, -0.1) is 0 Å². The van der Waals surface area contributed by atoms with E-state index in [2.05, 4.69) is 20.8 Å². The van der Waals surface area contributed by atoms with E-state index in [0.717, 1.165) is 13.1 Å². The Hall–Kier alpha value is -0.530. The molecule has 0 saturated carbocycles. The summed E-state index contributed by atoms with van der Waals surface area (Å²) in [7, 11) is 0. The molecule has 0 bridgehead atoms. The van der Waals surface area contributed by atoms with Crippen LogP contribution >= 0.6 is 0 Å². The van der Waals surface area contributed by atoms with Crippen molar-refractivity contribution >= 4 is 5.91 Å². The van der Waals surface area contributed by atoms with Crippen LogP contribution in [0.15, 0.2) is 0 Å². The van der Waals surface area contributed by atoms with Gasteiger partial charge in [-0.3, -0.25) is 4.79 Å². The van der Waals surface area contributed by atoms with Crippen molar-refractivity contribution in [3.05, 3.63) is 0 Å². The summed E-state index contributed by atoms with van der Waals surface area (Å²) in [5.41, 5.74) is 0.139. The smallest absolute Gasteiger partial charge is 0.223 e. The topological polar surface area (TPSA) is 20.3 Å². The molecule has 1 aliphatic rings. The van der Waals surface area contributed by atoms with Crippen LogP contribution in [0.4, 0.5) is 0 Å². The second kappa shape index (κ2) is 4.64. The lowest BCUT2D eigenvalue weighted by molar-refractivity contribution is -0.131. The molecule has 1 aliphatic heterocycles. The molecule has 1 amide bonds. The van der Waals surface area contributed by atoms with Gasteiger partial charge in [0, 0.05) is 19.5 Å². The van der Waals surface area contributed by atoms with E-state index in [9.17, 15) is 4.79 Å². The molecule has 13 heavy (non-hydrogen) atoms. The van der Waals surface area contributed by atoms with E-state index in [0.29, 0.717) is 12.3 Å². The predicted molar refractivity (Wildman–Crippen MR) is 56.6 cm³/mol. The normalized spacial score (nSPS) is 17.0. The van der Waals surface area contributed by atoms with Gasteiger partial charge in [0.1, 0.15) is 0 Å². The number of nitrogens with zero attached hydrogens (tertiary/aromatic N) is 1. The predicted octanol–water partition coefficient (Wildman–Crippen LogP) is 2.68. The minimum absolute atomic E-state index is 0. The standard InChI is InChI=1S/C10H19NO.CH4/c1-10(2,3)8-9(12)11-6-4-5-7-11;/h4-8H2,1-3H3;1H4. The molecule has 1 heterocycles. The van der Waals surface area contributed by atoms with Crippen LogP contribution < -0.4 is 0 Å². The fourth-order valence-electron chi connectivity index (χ4n) is 1.53. The third kappa shape index (κ3) is 4.30. The van der Waals surface area contributed by atoms with Gasteiger partial charge in [0.2, 0.25) is 5.91 Å². The van der Waals surface area contributed by atoms with Gasteiger partial charge in [0.25, 0.3) is 0 Å². The molecule has 1 rings (SSSR count). The van der Waals surface area contributed by atoms with Crippen molar-refractivity contribution in [3.8, 4) is 0 Å². The van der Waals surface area contributed by atoms with Gasteiger partial charge < -0.3 is 4.90 Å². The molecule has 0 aromatic heterocycles. The fraction of sp³-hybridized carbons (Fsp3) is 0.909. The molecule has 0 unspecified atom stereocenters. The Morgan fingerprint density at radius 2 is 1.69 bits per heavy atom. The van der Waals surface area contributed by atoms with Gasteiger partial charge in [-0.25, -0.2) is 0 Å². The lowest BCUT2D eigenvalue weighted by Gasteiger charge is -2.22. The summed E-state index contributed by atoms with van der Waals surface area (Å²) in [5, 5.41) is 0. The Morgan fingerprint density at radius 1 is 1.23 bits per heavy atom. The molecule has 2 nitrogen and oxygen atoms in total. The number of amides is 1. The summed E-state index contributed by atoms with van der Waals surface area (Å²) < 4.78 is 0. The molecule has 1 saturated heterocycles. The zero-order chi connectivity index (χ0) is 9.19. The molecule has 0 aliphatic carbocycles. The van der Waals surface area contributed by atoms with Gasteiger partial charge in [-0.05, 0) is 18.3 Å². The number of hydrogen-bond donors (Lipinski definition) is 0. The van der Waals surface area contributed by atoms with Crippen molar-refractivity contribution in [2.45, 2.75) is 47.5 Å². The molecule has 78 valence electrons. The van der Waals surface area contributed by atoms with Crippen LogP contribution in [0.3, 0.4) is 0 Å². The largest absolute Gasteiger partial charge is 0.343 e. The second-order valence-corrected chi connectivity index (χ2v) is 4.83. The van der Waals surface area contributed by atoms with E-state index >= 15 is 0 Å². The van der Waals surface area contributed by atoms with E-state index in [-0.39, 0.29) is 12.8 Å². The first kappa shape index (κ1) is 12.5. The molecule has 2 heteroatoms. The highest BCUT2D eigenvalue weighted by Crippen LogP contribution is 2.21. The van der Waals surface area contributed by atoms with E-state index < -0.39 is 0 Å². The summed E-state index contributed by atoms with van der Waals surface area (Å²) in [6.07, 6.45) is 3.07. The van der Waals surface area contributed by atoms with Gasteiger partial charge in [-0.2, -0.15) is 0 Å². The van der Waals surface area contributed by atoms with Crippen molar-refractivity contribution in [2.24, 2.45) is 5.41 Å². The Morgan fingerprint density at radius 3 is 2.08 bits per heavy atom. The number of likely N-dealkylation sites (tertiary alicyclic amines) is 1. The van der Waals surface area contributed by atoms with Crippen LogP contribution in [0.5, 0.6) is 0 Å². The number of carbonyl (C=O) groups excluding carboxylic acids is 1. The van der Waals surface area contributed by atoms with Crippen LogP contribution in [-0.4, -0.2) is 23.9 Å². The van der Waals surface area contributed by atoms with Crippen molar-refractivity contribution in [3.63, 3.8) is 0 Å². The van der Waals surface area contributed by atoms with Gasteiger partial charge in [-0.1, -0.05) is 28.2 Å². The van der Waals surface area contributed by atoms with Crippen molar-refractivity contribution in [1.82, 2.24) is 4.90 Å². The summed E-state index contributed by atoms with van der Waals surface area (Å²) >= 11 is 0. The molecule has 0 atom stereocenters. The third-order valence-electron chi connectivity index (χ3n) is 2.14. The summed E-state index contributed by atoms with van der Waals surface area (Å²) in [6.45, 7) is 8.30. The lowest BCUT2D eigenvalue weighted by Crippen LogP contribution is -2.30. The van der Waals surface area contributed by atoms with Gasteiger partial charge in [0.05, 0.1) is 0 Å². The zero-order valence-electron chi connectivity index (χ0n) is 8.39. The van der Waals surface area contributed by atoms with Crippen molar-refractivity contribution < 1.29 is 4.79 Å². The van der Waals surface area contributed by atoms with E-state index in [1.807, 2.05) is 4.90 Å². The van der Waals surface area contributed by atoms with Crippen LogP contribution in [0.2, 0.25) is 0 Å². The molecule has 0 aromatic carbocycles. The van der Waals surface area contributed by atoms with Crippen LogP contribution in [0.25, 0.3) is 0 Å². The Balaban J connectivity index is 0.00000144. The average Bonchev–Trinajstić information content (AvgIpc) is 2.32. The Kier molecular flexibility index (Phi) is 4.45. The molecule has 0 aromatic rings. The first-order valence-corrected chi connectivity index (χ1v) is 4.77. The molecular formula is C11H23NO. The first-order chi connectivity index (χ1) is 5.49. The van der Waals surface area contributed by atoms with E-state index in [1.165, 1.54) is 12.8 Å². The minimum atomic E-state index is 0. The Labute approximate surface area is 82.3 Å². The highest BCUT2D eigenvalue weighted by Gasteiger charge is 2.22. The average molecular weight is 185 g/mol. The van der Waals surface area contributed by atoms with E-state index in [1.54, 1.807) is 0 Å². The Bertz CT molecular complexity index is 163. The van der Waals surface area contributed by atoms with E-state index in [4.69, 9.17) is 0 Å². The first-order valence-electron chi connectivity index (χ1n) is 4.77. The van der Waals surface area contributed by atoms with Crippen LogP contribution in [-0.2, 0) is 4.79 Å². The third-order valence-corrected chi connectivity index (χ3v) is 2.14. The van der Waals surface area contributed by atoms with Crippen LogP contribution in [0, 0.1) is 5.41 Å². The maximum Gasteiger partial charge on any atom is 0.223 e. The highest BCUT2D eigenvalue weighted by atomic mass is 16.2. The lowest BCUT2D eigenvalue weighted by atomic mass is 9.92. The van der Waals surface area contributed by atoms with Crippen molar-refractivity contribution in [1.29, 1.82) is 0 Å². The minimum Gasteiger partial charge on any atom is -0.343 e. The highest BCUT2D eigenvalue weighted by molar-refractivity contribution is 5.77. The van der Waals surface area contributed by atoms with Crippen molar-refractivity contribution in [2.75, 3.05) is 13.1 Å². The molecular weight excluding hydrogens is 162 g/mol. The SMILES string of the molecule is C.CC(C)(C)CC(=O)N1CCCC1. The van der Waals surface area contributed by atoms with Gasteiger partial charge >= 0.3 is 0 Å².